The van der Waals surface area contributed by atoms with Crippen LogP contribution in [0.15, 0.2) is 33.6 Å². The van der Waals surface area contributed by atoms with Gasteiger partial charge in [-0.25, -0.2) is 9.18 Å². The van der Waals surface area contributed by atoms with Crippen molar-refractivity contribution in [3.05, 3.63) is 57.5 Å². The van der Waals surface area contributed by atoms with E-state index >= 15 is 4.39 Å². The van der Waals surface area contributed by atoms with Gasteiger partial charge in [0.25, 0.3) is 0 Å². The average molecular weight is 485 g/mol. The topological polar surface area (TPSA) is 100 Å². The molecule has 0 bridgehead atoms. The molecule has 5 rings (SSSR count). The van der Waals surface area contributed by atoms with E-state index in [-0.39, 0.29) is 22.7 Å². The van der Waals surface area contributed by atoms with Gasteiger partial charge in [-0.15, -0.1) is 0 Å². The molecule has 0 spiro atoms. The van der Waals surface area contributed by atoms with E-state index in [0.29, 0.717) is 50.5 Å². The van der Waals surface area contributed by atoms with Gasteiger partial charge in [0.05, 0.1) is 31.1 Å². The SMILES string of the molecule is CNCc1ccc(CN2CCN(c3c(F)cc4c(=O)c(C(=O)O)cn(C5CC5)c4c3OC)CC2)o1. The molecule has 0 atom stereocenters. The zero-order chi connectivity index (χ0) is 24.7. The van der Waals surface area contributed by atoms with E-state index in [2.05, 4.69) is 10.2 Å². The van der Waals surface area contributed by atoms with Crippen LogP contribution in [0.4, 0.5) is 10.1 Å². The van der Waals surface area contributed by atoms with Crippen LogP contribution in [-0.4, -0.2) is 60.9 Å². The highest BCUT2D eigenvalue weighted by Gasteiger charge is 2.32. The highest BCUT2D eigenvalue weighted by atomic mass is 19.1. The monoisotopic (exact) mass is 484 g/mol. The van der Waals surface area contributed by atoms with E-state index in [9.17, 15) is 14.7 Å². The first kappa shape index (κ1) is 23.4. The molecule has 2 fully saturated rings. The first-order chi connectivity index (χ1) is 16.9. The number of furan rings is 1. The van der Waals surface area contributed by atoms with Gasteiger partial charge in [-0.3, -0.25) is 9.69 Å². The maximum absolute atomic E-state index is 15.5. The predicted octanol–water partition coefficient (Wildman–Crippen LogP) is 2.82. The van der Waals surface area contributed by atoms with Crippen LogP contribution in [-0.2, 0) is 13.1 Å². The summed E-state index contributed by atoms with van der Waals surface area (Å²) in [5, 5.41) is 12.6. The van der Waals surface area contributed by atoms with Crippen LogP contribution in [0.2, 0.25) is 0 Å². The van der Waals surface area contributed by atoms with Crippen molar-refractivity contribution in [3.8, 4) is 5.75 Å². The molecule has 9 nitrogen and oxygen atoms in total. The number of hydrogen-bond donors (Lipinski definition) is 2. The minimum absolute atomic E-state index is 0.0312. The number of piperazine rings is 1. The van der Waals surface area contributed by atoms with Crippen molar-refractivity contribution in [2.24, 2.45) is 0 Å². The lowest BCUT2D eigenvalue weighted by molar-refractivity contribution is 0.0694. The van der Waals surface area contributed by atoms with Gasteiger partial charge in [0.2, 0.25) is 5.43 Å². The normalized spacial score (nSPS) is 16.7. The third kappa shape index (κ3) is 4.39. The van der Waals surface area contributed by atoms with E-state index < -0.39 is 17.2 Å². The van der Waals surface area contributed by atoms with Crippen molar-refractivity contribution in [2.75, 3.05) is 45.2 Å². The van der Waals surface area contributed by atoms with Crippen molar-refractivity contribution in [1.82, 2.24) is 14.8 Å². The number of aromatic nitrogens is 1. The molecule has 0 unspecified atom stereocenters. The van der Waals surface area contributed by atoms with Crippen LogP contribution < -0.4 is 20.4 Å². The number of fused-ring (bicyclic) bond motifs is 1. The molecule has 2 aromatic heterocycles. The van der Waals surface area contributed by atoms with Crippen molar-refractivity contribution in [2.45, 2.75) is 32.0 Å². The van der Waals surface area contributed by atoms with Gasteiger partial charge in [0.1, 0.15) is 22.8 Å². The molecular formula is C25H29FN4O5. The lowest BCUT2D eigenvalue weighted by Gasteiger charge is -2.36. The van der Waals surface area contributed by atoms with E-state index in [1.807, 2.05) is 24.1 Å². The summed E-state index contributed by atoms with van der Waals surface area (Å²) in [6, 6.07) is 5.18. The molecule has 35 heavy (non-hydrogen) atoms. The minimum Gasteiger partial charge on any atom is -0.492 e. The maximum atomic E-state index is 15.5. The van der Waals surface area contributed by atoms with Gasteiger partial charge in [0.15, 0.2) is 11.6 Å². The van der Waals surface area contributed by atoms with Crippen LogP contribution >= 0.6 is 0 Å². The number of carboxylic acids is 1. The van der Waals surface area contributed by atoms with E-state index in [0.717, 1.165) is 24.4 Å². The number of halogens is 1. The number of hydrogen-bond acceptors (Lipinski definition) is 7. The summed E-state index contributed by atoms with van der Waals surface area (Å²) in [6.07, 6.45) is 3.11. The molecule has 1 aromatic carbocycles. The number of ether oxygens (including phenoxy) is 1. The smallest absolute Gasteiger partial charge is 0.341 e. The number of rotatable bonds is 8. The van der Waals surface area contributed by atoms with Crippen molar-refractivity contribution >= 4 is 22.6 Å². The Balaban J connectivity index is 1.45. The largest absolute Gasteiger partial charge is 0.492 e. The number of carbonyl (C=O) groups is 1. The Labute approximate surface area is 201 Å². The zero-order valence-corrected chi connectivity index (χ0v) is 19.8. The van der Waals surface area contributed by atoms with E-state index in [1.165, 1.54) is 19.4 Å². The third-order valence-electron chi connectivity index (χ3n) is 6.71. The Morgan fingerprint density at radius 3 is 2.57 bits per heavy atom. The zero-order valence-electron chi connectivity index (χ0n) is 19.8. The number of nitrogens with one attached hydrogen (secondary N) is 1. The quantitative estimate of drug-likeness (QED) is 0.504. The van der Waals surface area contributed by atoms with Crippen molar-refractivity contribution < 1.29 is 23.4 Å². The standard InChI is InChI=1S/C25H29FN4O5/c1-27-12-16-5-6-17(35-16)13-28-7-9-29(10-8-28)22-20(26)11-18-21(24(22)34-2)30(15-3-4-15)14-19(23(18)31)25(32)33/h5-6,11,14-15,27H,3-4,7-10,12-13H2,1-2H3,(H,32,33). The molecule has 3 aromatic rings. The summed E-state index contributed by atoms with van der Waals surface area (Å²) >= 11 is 0. The summed E-state index contributed by atoms with van der Waals surface area (Å²) in [7, 11) is 3.33. The summed E-state index contributed by atoms with van der Waals surface area (Å²) in [5.41, 5.74) is -0.292. The van der Waals surface area contributed by atoms with Crippen LogP contribution in [0, 0.1) is 5.82 Å². The van der Waals surface area contributed by atoms with Crippen LogP contribution in [0.5, 0.6) is 5.75 Å². The first-order valence-corrected chi connectivity index (χ1v) is 11.8. The fraction of sp³-hybridized carbons (Fsp3) is 0.440. The lowest BCUT2D eigenvalue weighted by atomic mass is 10.1. The summed E-state index contributed by atoms with van der Waals surface area (Å²) < 4.78 is 28.8. The number of nitrogens with zero attached hydrogens (tertiary/aromatic N) is 3. The molecular weight excluding hydrogens is 455 g/mol. The number of pyridine rings is 1. The molecule has 0 radical (unpaired) electrons. The molecule has 1 aliphatic carbocycles. The van der Waals surface area contributed by atoms with Crippen molar-refractivity contribution in [3.63, 3.8) is 0 Å². The number of carboxylic acid groups (broad SMARTS) is 1. The summed E-state index contributed by atoms with van der Waals surface area (Å²) in [5.74, 6) is 0.142. The molecule has 1 saturated carbocycles. The number of anilines is 1. The molecule has 2 N–H and O–H groups in total. The third-order valence-corrected chi connectivity index (χ3v) is 6.71. The molecule has 0 amide bonds. The van der Waals surface area contributed by atoms with Crippen LogP contribution in [0.3, 0.4) is 0 Å². The average Bonchev–Trinajstić information content (AvgIpc) is 3.59. The first-order valence-electron chi connectivity index (χ1n) is 11.8. The maximum Gasteiger partial charge on any atom is 0.341 e. The second kappa shape index (κ2) is 9.35. The molecule has 1 saturated heterocycles. The second-order valence-corrected chi connectivity index (χ2v) is 9.11. The fourth-order valence-electron chi connectivity index (χ4n) is 4.85. The lowest BCUT2D eigenvalue weighted by Crippen LogP contribution is -2.46. The van der Waals surface area contributed by atoms with E-state index in [1.54, 1.807) is 4.57 Å². The molecule has 186 valence electrons. The summed E-state index contributed by atoms with van der Waals surface area (Å²) in [6.45, 7) is 3.91. The number of aromatic carboxylic acids is 1. The highest BCUT2D eigenvalue weighted by Crippen LogP contribution is 2.43. The molecule has 10 heteroatoms. The Morgan fingerprint density at radius 1 is 1.23 bits per heavy atom. The highest BCUT2D eigenvalue weighted by molar-refractivity contribution is 5.97. The molecule has 1 aliphatic heterocycles. The summed E-state index contributed by atoms with van der Waals surface area (Å²) in [4.78, 5) is 28.7. The van der Waals surface area contributed by atoms with Gasteiger partial charge in [-0.05, 0) is 38.1 Å². The minimum atomic E-state index is -1.32. The van der Waals surface area contributed by atoms with Gasteiger partial charge >= 0.3 is 5.97 Å². The Hall–Kier alpha value is -3.37. The Bertz CT molecular complexity index is 1320. The van der Waals surface area contributed by atoms with Gasteiger partial charge < -0.3 is 29.0 Å². The number of methoxy groups -OCH3 is 1. The van der Waals surface area contributed by atoms with Crippen molar-refractivity contribution in [1.29, 1.82) is 0 Å². The molecule has 2 aliphatic rings. The van der Waals surface area contributed by atoms with Gasteiger partial charge in [0, 0.05) is 38.4 Å². The van der Waals surface area contributed by atoms with Gasteiger partial charge in [-0.2, -0.15) is 0 Å². The van der Waals surface area contributed by atoms with Gasteiger partial charge in [-0.1, -0.05) is 0 Å². The van der Waals surface area contributed by atoms with Crippen LogP contribution in [0.1, 0.15) is 40.8 Å². The Kier molecular flexibility index (Phi) is 6.24. The van der Waals surface area contributed by atoms with Crippen LogP contribution in [0.25, 0.3) is 10.9 Å². The van der Waals surface area contributed by atoms with E-state index in [4.69, 9.17) is 9.15 Å². The molecule has 3 heterocycles. The Morgan fingerprint density at radius 2 is 1.94 bits per heavy atom. The second-order valence-electron chi connectivity index (χ2n) is 9.11. The number of benzene rings is 1. The fourth-order valence-corrected chi connectivity index (χ4v) is 4.85. The predicted molar refractivity (Wildman–Crippen MR) is 129 cm³/mol.